The lowest BCUT2D eigenvalue weighted by atomic mass is 10.1. The quantitative estimate of drug-likeness (QED) is 0.638. The molecule has 2 aromatic carbocycles. The Labute approximate surface area is 150 Å². The van der Waals surface area contributed by atoms with Crippen LogP contribution in [0.25, 0.3) is 10.9 Å². The Morgan fingerprint density at radius 1 is 1.15 bits per heavy atom. The normalized spacial score (nSPS) is 10.7. The number of nitrogens with one attached hydrogen (secondary N) is 2. The lowest BCUT2D eigenvalue weighted by Gasteiger charge is -2.09. The van der Waals surface area contributed by atoms with Gasteiger partial charge in [-0.3, -0.25) is 4.79 Å². The van der Waals surface area contributed by atoms with Crippen LogP contribution >= 0.6 is 0 Å². The first-order chi connectivity index (χ1) is 12.7. The van der Waals surface area contributed by atoms with E-state index in [1.54, 1.807) is 19.2 Å². The molecule has 1 amide bonds. The van der Waals surface area contributed by atoms with E-state index < -0.39 is 0 Å². The van der Waals surface area contributed by atoms with Gasteiger partial charge in [-0.2, -0.15) is 0 Å². The Morgan fingerprint density at radius 3 is 2.73 bits per heavy atom. The third kappa shape index (κ3) is 4.31. The molecule has 0 saturated carbocycles. The molecule has 0 radical (unpaired) electrons. The van der Waals surface area contributed by atoms with Gasteiger partial charge in [-0.25, -0.2) is 14.4 Å². The highest BCUT2D eigenvalue weighted by Crippen LogP contribution is 2.24. The summed E-state index contributed by atoms with van der Waals surface area (Å²) < 4.78 is 18.7. The van der Waals surface area contributed by atoms with E-state index in [0.717, 1.165) is 11.3 Å². The van der Waals surface area contributed by atoms with Gasteiger partial charge in [0.2, 0.25) is 5.91 Å². The van der Waals surface area contributed by atoms with E-state index in [1.807, 2.05) is 24.3 Å². The van der Waals surface area contributed by atoms with Crippen LogP contribution < -0.4 is 10.6 Å². The number of methoxy groups -OCH3 is 1. The summed E-state index contributed by atoms with van der Waals surface area (Å²) >= 11 is 0. The van der Waals surface area contributed by atoms with Crippen molar-refractivity contribution in [3.8, 4) is 0 Å². The maximum Gasteiger partial charge on any atom is 0.224 e. The van der Waals surface area contributed by atoms with Gasteiger partial charge < -0.3 is 15.4 Å². The summed E-state index contributed by atoms with van der Waals surface area (Å²) in [6.45, 7) is 0.981. The lowest BCUT2D eigenvalue weighted by molar-refractivity contribution is -0.120. The number of ether oxygens (including phenoxy) is 1. The minimum Gasteiger partial charge on any atom is -0.383 e. The summed E-state index contributed by atoms with van der Waals surface area (Å²) in [6.07, 6.45) is 1.62. The van der Waals surface area contributed by atoms with Gasteiger partial charge in [-0.05, 0) is 29.8 Å². The first kappa shape index (κ1) is 17.8. The maximum atomic E-state index is 13.8. The molecule has 0 aliphatic carbocycles. The fourth-order valence-electron chi connectivity index (χ4n) is 2.53. The Kier molecular flexibility index (Phi) is 5.70. The maximum absolute atomic E-state index is 13.8. The predicted molar refractivity (Wildman–Crippen MR) is 97.8 cm³/mol. The van der Waals surface area contributed by atoms with Crippen molar-refractivity contribution in [2.75, 3.05) is 25.6 Å². The van der Waals surface area contributed by atoms with Crippen molar-refractivity contribution in [3.63, 3.8) is 0 Å². The van der Waals surface area contributed by atoms with Crippen molar-refractivity contribution in [1.29, 1.82) is 0 Å². The van der Waals surface area contributed by atoms with Crippen LogP contribution in [0.2, 0.25) is 0 Å². The molecular formula is C19H19FN4O2. The molecule has 0 aliphatic rings. The number of aromatic nitrogens is 2. The van der Waals surface area contributed by atoms with Gasteiger partial charge in [0.25, 0.3) is 0 Å². The van der Waals surface area contributed by atoms with Crippen LogP contribution in [0.5, 0.6) is 0 Å². The zero-order valence-corrected chi connectivity index (χ0v) is 14.3. The third-order valence-electron chi connectivity index (χ3n) is 3.83. The molecule has 7 heteroatoms. The molecule has 1 heterocycles. The number of rotatable bonds is 7. The number of fused-ring (bicyclic) bond motifs is 1. The number of anilines is 2. The molecule has 6 nitrogen and oxygen atoms in total. The van der Waals surface area contributed by atoms with Crippen molar-refractivity contribution in [2.24, 2.45) is 0 Å². The molecule has 2 N–H and O–H groups in total. The minimum absolute atomic E-state index is 0.0555. The summed E-state index contributed by atoms with van der Waals surface area (Å²) in [6, 6.07) is 12.2. The minimum atomic E-state index is -0.386. The average Bonchev–Trinajstić information content (AvgIpc) is 2.64. The van der Waals surface area contributed by atoms with Gasteiger partial charge in [0, 0.05) is 24.7 Å². The van der Waals surface area contributed by atoms with E-state index in [1.165, 1.54) is 12.4 Å². The van der Waals surface area contributed by atoms with Gasteiger partial charge in [-0.1, -0.05) is 18.2 Å². The van der Waals surface area contributed by atoms with E-state index in [-0.39, 0.29) is 17.2 Å². The summed E-state index contributed by atoms with van der Waals surface area (Å²) in [5, 5.41) is 6.55. The summed E-state index contributed by atoms with van der Waals surface area (Å²) in [4.78, 5) is 20.0. The summed E-state index contributed by atoms with van der Waals surface area (Å²) in [5.74, 6) is 0.0855. The number of carbonyl (C=O) groups is 1. The first-order valence-corrected chi connectivity index (χ1v) is 8.18. The number of nitrogens with zero attached hydrogens (tertiary/aromatic N) is 2. The van der Waals surface area contributed by atoms with Gasteiger partial charge >= 0.3 is 0 Å². The monoisotopic (exact) mass is 354 g/mol. The molecule has 0 saturated heterocycles. The van der Waals surface area contributed by atoms with Crippen LogP contribution in [-0.4, -0.2) is 36.1 Å². The summed E-state index contributed by atoms with van der Waals surface area (Å²) in [7, 11) is 1.59. The van der Waals surface area contributed by atoms with Gasteiger partial charge in [0.05, 0.1) is 13.0 Å². The molecule has 0 fully saturated rings. The lowest BCUT2D eigenvalue weighted by Crippen LogP contribution is -2.28. The first-order valence-electron chi connectivity index (χ1n) is 8.18. The third-order valence-corrected chi connectivity index (χ3v) is 3.83. The van der Waals surface area contributed by atoms with Crippen LogP contribution in [0.1, 0.15) is 5.56 Å². The van der Waals surface area contributed by atoms with Gasteiger partial charge in [0.1, 0.15) is 23.5 Å². The Balaban J connectivity index is 1.68. The molecule has 1 aromatic heterocycles. The Bertz CT molecular complexity index is 900. The molecule has 26 heavy (non-hydrogen) atoms. The zero-order chi connectivity index (χ0) is 18.4. The second-order valence-electron chi connectivity index (χ2n) is 5.70. The number of carbonyl (C=O) groups excluding carboxylic acids is 1. The number of hydrogen-bond acceptors (Lipinski definition) is 5. The van der Waals surface area contributed by atoms with Crippen molar-refractivity contribution in [2.45, 2.75) is 6.42 Å². The van der Waals surface area contributed by atoms with E-state index in [9.17, 15) is 9.18 Å². The molecule has 0 unspecified atom stereocenters. The molecule has 3 rings (SSSR count). The second kappa shape index (κ2) is 8.35. The molecule has 3 aromatic rings. The van der Waals surface area contributed by atoms with E-state index in [0.29, 0.717) is 30.8 Å². The number of hydrogen-bond donors (Lipinski definition) is 2. The highest BCUT2D eigenvalue weighted by Gasteiger charge is 2.08. The fourth-order valence-corrected chi connectivity index (χ4v) is 2.53. The molecule has 134 valence electrons. The van der Waals surface area contributed by atoms with Gasteiger partial charge in [-0.15, -0.1) is 0 Å². The van der Waals surface area contributed by atoms with Crippen LogP contribution in [0, 0.1) is 5.82 Å². The standard InChI is InChI=1S/C19H19FN4O2/c1-26-10-9-21-17(25)11-13-5-7-14(8-6-13)24-19-15-3-2-4-16(20)18(15)22-12-23-19/h2-8,12H,9-11H2,1H3,(H,21,25)(H,22,23,24). The number of halogens is 1. The number of benzene rings is 2. The van der Waals surface area contributed by atoms with E-state index >= 15 is 0 Å². The van der Waals surface area contributed by atoms with Crippen molar-refractivity contribution in [3.05, 3.63) is 60.2 Å². The number of para-hydroxylation sites is 1. The average molecular weight is 354 g/mol. The van der Waals surface area contributed by atoms with Crippen molar-refractivity contribution < 1.29 is 13.9 Å². The topological polar surface area (TPSA) is 76.1 Å². The SMILES string of the molecule is COCCNC(=O)Cc1ccc(Nc2ncnc3c(F)cccc23)cc1. The van der Waals surface area contributed by atoms with Gasteiger partial charge in [0.15, 0.2) is 0 Å². The van der Waals surface area contributed by atoms with E-state index in [2.05, 4.69) is 20.6 Å². The van der Waals surface area contributed by atoms with Crippen LogP contribution in [0.4, 0.5) is 15.9 Å². The summed E-state index contributed by atoms with van der Waals surface area (Å²) in [5.41, 5.74) is 1.95. The van der Waals surface area contributed by atoms with Crippen LogP contribution in [-0.2, 0) is 16.0 Å². The molecule has 0 spiro atoms. The smallest absolute Gasteiger partial charge is 0.224 e. The van der Waals surface area contributed by atoms with Crippen LogP contribution in [0.3, 0.4) is 0 Å². The second-order valence-corrected chi connectivity index (χ2v) is 5.70. The van der Waals surface area contributed by atoms with E-state index in [4.69, 9.17) is 4.74 Å². The highest BCUT2D eigenvalue weighted by atomic mass is 19.1. The van der Waals surface area contributed by atoms with Crippen molar-refractivity contribution in [1.82, 2.24) is 15.3 Å². The Morgan fingerprint density at radius 2 is 1.96 bits per heavy atom. The molecule has 0 aliphatic heterocycles. The fraction of sp³-hybridized carbons (Fsp3) is 0.211. The number of amides is 1. The van der Waals surface area contributed by atoms with Crippen molar-refractivity contribution >= 4 is 28.3 Å². The predicted octanol–water partition coefficient (Wildman–Crippen LogP) is 2.82. The zero-order valence-electron chi connectivity index (χ0n) is 14.3. The molecular weight excluding hydrogens is 335 g/mol. The molecule has 0 bridgehead atoms. The molecule has 0 atom stereocenters. The highest BCUT2D eigenvalue weighted by molar-refractivity contribution is 5.90. The van der Waals surface area contributed by atoms with Crippen LogP contribution in [0.15, 0.2) is 48.8 Å². The largest absolute Gasteiger partial charge is 0.383 e. The Hall–Kier alpha value is -3.06.